The first-order valence-corrected chi connectivity index (χ1v) is 8.42. The van der Waals surface area contributed by atoms with E-state index in [1.807, 2.05) is 0 Å². The van der Waals surface area contributed by atoms with Gasteiger partial charge in [0.2, 0.25) is 0 Å². The summed E-state index contributed by atoms with van der Waals surface area (Å²) in [6, 6.07) is 6.51. The van der Waals surface area contributed by atoms with Crippen molar-refractivity contribution in [3.63, 3.8) is 0 Å². The van der Waals surface area contributed by atoms with Crippen LogP contribution in [0.5, 0.6) is 0 Å². The zero-order chi connectivity index (χ0) is 18.3. The van der Waals surface area contributed by atoms with Crippen LogP contribution in [0, 0.1) is 17.2 Å². The van der Waals surface area contributed by atoms with Crippen molar-refractivity contribution in [1.29, 1.82) is 5.26 Å². The van der Waals surface area contributed by atoms with Gasteiger partial charge in [0.25, 0.3) is 0 Å². The molecule has 0 amide bonds. The molecule has 0 saturated heterocycles. The van der Waals surface area contributed by atoms with Crippen LogP contribution in [-0.2, 0) is 17.5 Å². The lowest BCUT2D eigenvalue weighted by atomic mass is 9.84. The van der Waals surface area contributed by atoms with E-state index < -0.39 is 17.6 Å². The van der Waals surface area contributed by atoms with Gasteiger partial charge in [-0.15, -0.1) is 0 Å². The Kier molecular flexibility index (Phi) is 7.01. The van der Waals surface area contributed by atoms with E-state index in [2.05, 4.69) is 0 Å². The summed E-state index contributed by atoms with van der Waals surface area (Å²) in [7, 11) is 0. The Morgan fingerprint density at radius 2 is 1.80 bits per heavy atom. The van der Waals surface area contributed by atoms with Gasteiger partial charge in [0.15, 0.2) is 5.83 Å². The van der Waals surface area contributed by atoms with E-state index in [9.17, 15) is 17.6 Å². The van der Waals surface area contributed by atoms with Crippen LogP contribution in [0.4, 0.5) is 17.6 Å². The molecule has 0 bridgehead atoms. The average Bonchev–Trinajstić information content (AvgIpc) is 2.60. The number of nitriles is 1. The van der Waals surface area contributed by atoms with Crippen molar-refractivity contribution in [2.24, 2.45) is 5.92 Å². The van der Waals surface area contributed by atoms with Crippen molar-refractivity contribution >= 4 is 0 Å². The van der Waals surface area contributed by atoms with Gasteiger partial charge in [-0.2, -0.15) is 22.8 Å². The zero-order valence-electron chi connectivity index (χ0n) is 13.9. The predicted molar refractivity (Wildman–Crippen MR) is 86.0 cm³/mol. The Morgan fingerprint density at radius 1 is 1.16 bits per heavy atom. The summed E-state index contributed by atoms with van der Waals surface area (Å²) < 4.78 is 56.1. The maximum Gasteiger partial charge on any atom is 0.416 e. The van der Waals surface area contributed by atoms with E-state index in [4.69, 9.17) is 10.00 Å². The summed E-state index contributed by atoms with van der Waals surface area (Å²) in [5, 5.41) is 8.35. The Hall–Kier alpha value is -1.87. The number of nitrogens with zero attached hydrogens (tertiary/aromatic N) is 1. The molecule has 2 nitrogen and oxygen atoms in total. The van der Waals surface area contributed by atoms with Gasteiger partial charge in [0.1, 0.15) is 6.07 Å². The molecule has 1 fully saturated rings. The highest BCUT2D eigenvalue weighted by atomic mass is 19.4. The third-order valence-electron chi connectivity index (χ3n) is 4.57. The molecule has 0 aromatic heterocycles. The topological polar surface area (TPSA) is 33.0 Å². The molecule has 136 valence electrons. The van der Waals surface area contributed by atoms with Crippen molar-refractivity contribution in [2.75, 3.05) is 0 Å². The smallest absolute Gasteiger partial charge is 0.374 e. The number of allylic oxidation sites excluding steroid dienone is 2. The highest BCUT2D eigenvalue weighted by Crippen LogP contribution is 2.31. The van der Waals surface area contributed by atoms with Crippen LogP contribution in [-0.4, -0.2) is 6.10 Å². The van der Waals surface area contributed by atoms with Crippen molar-refractivity contribution in [2.45, 2.75) is 57.4 Å². The molecule has 0 aliphatic heterocycles. The number of benzene rings is 1. The molecule has 0 radical (unpaired) electrons. The Morgan fingerprint density at radius 3 is 2.36 bits per heavy atom. The SMILES string of the molecule is N#C/C(F)=C/CCC1CCC(OCc2ccc(C(F)(F)F)cc2)CC1. The minimum atomic E-state index is -4.32. The summed E-state index contributed by atoms with van der Waals surface area (Å²) >= 11 is 0. The fraction of sp³-hybridized carbons (Fsp3) is 0.526. The molecule has 1 aliphatic rings. The molecule has 1 aliphatic carbocycles. The quantitative estimate of drug-likeness (QED) is 0.467. The molecule has 1 aromatic carbocycles. The molecule has 2 rings (SSSR count). The minimum absolute atomic E-state index is 0.116. The number of hydrogen-bond donors (Lipinski definition) is 0. The Balaban J connectivity index is 1.69. The summed E-state index contributed by atoms with van der Waals surface area (Å²) in [6.45, 7) is 0.309. The highest BCUT2D eigenvalue weighted by Gasteiger charge is 2.30. The lowest BCUT2D eigenvalue weighted by Gasteiger charge is -2.28. The second-order valence-corrected chi connectivity index (χ2v) is 6.39. The van der Waals surface area contributed by atoms with Crippen molar-refractivity contribution < 1.29 is 22.3 Å². The maximum absolute atomic E-state index is 12.7. The van der Waals surface area contributed by atoms with Crippen molar-refractivity contribution in [3.05, 3.63) is 47.3 Å². The molecular weight excluding hydrogens is 334 g/mol. The lowest BCUT2D eigenvalue weighted by Crippen LogP contribution is -2.21. The second-order valence-electron chi connectivity index (χ2n) is 6.39. The first-order valence-electron chi connectivity index (χ1n) is 8.42. The number of ether oxygens (including phenoxy) is 1. The second kappa shape index (κ2) is 9.00. The van der Waals surface area contributed by atoms with Gasteiger partial charge >= 0.3 is 6.18 Å². The van der Waals surface area contributed by atoms with Gasteiger partial charge in [0.05, 0.1) is 18.3 Å². The largest absolute Gasteiger partial charge is 0.416 e. The maximum atomic E-state index is 12.7. The highest BCUT2D eigenvalue weighted by molar-refractivity contribution is 5.24. The summed E-state index contributed by atoms with van der Waals surface area (Å²) in [6.07, 6.45) is 2.33. The van der Waals surface area contributed by atoms with Gasteiger partial charge < -0.3 is 4.74 Å². The number of rotatable bonds is 6. The van der Waals surface area contributed by atoms with Crippen LogP contribution >= 0.6 is 0 Å². The number of halogens is 4. The van der Waals surface area contributed by atoms with Crippen LogP contribution in [0.25, 0.3) is 0 Å². The van der Waals surface area contributed by atoms with Gasteiger partial charge in [-0.25, -0.2) is 0 Å². The molecule has 6 heteroatoms. The van der Waals surface area contributed by atoms with E-state index >= 15 is 0 Å². The van der Waals surface area contributed by atoms with E-state index in [-0.39, 0.29) is 6.10 Å². The first-order chi connectivity index (χ1) is 11.9. The average molecular weight is 355 g/mol. The minimum Gasteiger partial charge on any atom is -0.374 e. The molecule has 0 unspecified atom stereocenters. The predicted octanol–water partition coefficient (Wildman–Crippen LogP) is 5.94. The standard InChI is InChI=1S/C19H21F4NO/c20-17(12-24)3-1-2-14-6-10-18(11-7-14)25-13-15-4-8-16(9-5-15)19(21,22)23/h3-5,8-9,14,18H,1-2,6-7,10-11,13H2/b17-3-. The van der Waals surface area contributed by atoms with E-state index in [0.29, 0.717) is 18.9 Å². The molecule has 0 heterocycles. The Labute approximate surface area is 145 Å². The van der Waals surface area contributed by atoms with Crippen LogP contribution in [0.2, 0.25) is 0 Å². The molecular formula is C19H21F4NO. The first kappa shape index (κ1) is 19.5. The third kappa shape index (κ3) is 6.50. The van der Waals surface area contributed by atoms with Crippen LogP contribution < -0.4 is 0 Å². The van der Waals surface area contributed by atoms with Crippen LogP contribution in [0.3, 0.4) is 0 Å². The summed E-state index contributed by atoms with van der Waals surface area (Å²) in [5.41, 5.74) is 0.0749. The Bertz CT molecular complexity index is 608. The van der Waals surface area contributed by atoms with Gasteiger partial charge in [-0.1, -0.05) is 12.1 Å². The van der Waals surface area contributed by atoms with Gasteiger partial charge in [-0.3, -0.25) is 0 Å². The van der Waals surface area contributed by atoms with E-state index in [1.165, 1.54) is 24.3 Å². The zero-order valence-corrected chi connectivity index (χ0v) is 13.9. The van der Waals surface area contributed by atoms with Crippen LogP contribution in [0.15, 0.2) is 36.2 Å². The van der Waals surface area contributed by atoms with Gasteiger partial charge in [0, 0.05) is 0 Å². The number of hydrogen-bond acceptors (Lipinski definition) is 2. The summed E-state index contributed by atoms with van der Waals surface area (Å²) in [4.78, 5) is 0. The molecule has 0 atom stereocenters. The summed E-state index contributed by atoms with van der Waals surface area (Å²) in [5.74, 6) is -0.220. The van der Waals surface area contributed by atoms with Crippen molar-refractivity contribution in [1.82, 2.24) is 0 Å². The number of alkyl halides is 3. The lowest BCUT2D eigenvalue weighted by molar-refractivity contribution is -0.137. The fourth-order valence-corrected chi connectivity index (χ4v) is 3.08. The molecule has 1 saturated carbocycles. The molecule has 25 heavy (non-hydrogen) atoms. The van der Waals surface area contributed by atoms with E-state index in [1.54, 1.807) is 0 Å². The molecule has 1 aromatic rings. The van der Waals surface area contributed by atoms with Crippen molar-refractivity contribution in [3.8, 4) is 6.07 Å². The van der Waals surface area contributed by atoms with E-state index in [0.717, 1.165) is 49.8 Å². The monoisotopic (exact) mass is 355 g/mol. The third-order valence-corrected chi connectivity index (χ3v) is 4.57. The fourth-order valence-electron chi connectivity index (χ4n) is 3.08. The molecule has 0 N–H and O–H groups in total. The molecule has 0 spiro atoms. The van der Waals surface area contributed by atoms with Crippen LogP contribution in [0.1, 0.15) is 49.7 Å². The normalized spacial score (nSPS) is 21.8. The van der Waals surface area contributed by atoms with Gasteiger partial charge in [-0.05, 0) is 68.2 Å².